The molecule has 3 heterocycles. The number of carbonyl (C=O) groups excluding carboxylic acids is 2. The Hall–Kier alpha value is -2.46. The number of β-lactam (4-membered cyclic amide) rings is 1. The van der Waals surface area contributed by atoms with Gasteiger partial charge in [-0.15, -0.1) is 22.0 Å². The molecule has 28 heavy (non-hydrogen) atoms. The normalized spacial score (nSPS) is 25.3. The van der Waals surface area contributed by atoms with Gasteiger partial charge in [-0.05, 0) is 37.9 Å². The van der Waals surface area contributed by atoms with Gasteiger partial charge in [0.2, 0.25) is 11.8 Å². The van der Waals surface area contributed by atoms with Crippen LogP contribution in [0.4, 0.5) is 0 Å². The molecule has 148 valence electrons. The van der Waals surface area contributed by atoms with Gasteiger partial charge in [0.05, 0.1) is 6.42 Å². The summed E-state index contributed by atoms with van der Waals surface area (Å²) in [5.41, 5.74) is 7.66. The van der Waals surface area contributed by atoms with Crippen molar-refractivity contribution in [3.63, 3.8) is 0 Å². The number of hydrogen-bond donors (Lipinski definition) is 3. The van der Waals surface area contributed by atoms with Gasteiger partial charge < -0.3 is 16.0 Å². The van der Waals surface area contributed by atoms with Gasteiger partial charge in [0.15, 0.2) is 5.82 Å². The van der Waals surface area contributed by atoms with Crippen LogP contribution >= 0.6 is 11.8 Å². The van der Waals surface area contributed by atoms with Crippen molar-refractivity contribution in [2.24, 2.45) is 5.73 Å². The van der Waals surface area contributed by atoms with Gasteiger partial charge in [0, 0.05) is 4.75 Å². The Balaban J connectivity index is 1.45. The zero-order chi connectivity index (χ0) is 19.9. The molecule has 2 saturated heterocycles. The van der Waals surface area contributed by atoms with E-state index in [1.54, 1.807) is 16.7 Å². The van der Waals surface area contributed by atoms with E-state index in [9.17, 15) is 9.59 Å². The summed E-state index contributed by atoms with van der Waals surface area (Å²) in [6.45, 7) is 4.62. The molecular weight excluding hydrogens is 378 g/mol. The number of aromatic nitrogens is 4. The van der Waals surface area contributed by atoms with Crippen LogP contribution < -0.4 is 11.1 Å². The Bertz CT molecular complexity index is 886. The minimum absolute atomic E-state index is 0.110. The van der Waals surface area contributed by atoms with Crippen LogP contribution in [0.3, 0.4) is 0 Å². The van der Waals surface area contributed by atoms with E-state index in [0.29, 0.717) is 12.4 Å². The number of thioether (sulfide) groups is 1. The van der Waals surface area contributed by atoms with Crippen LogP contribution in [0.15, 0.2) is 24.3 Å². The van der Waals surface area contributed by atoms with Gasteiger partial charge >= 0.3 is 0 Å². The number of aromatic amines is 1. The number of fused-ring (bicyclic) bond motifs is 1. The molecule has 1 aromatic carbocycles. The number of amides is 2. The molecule has 0 saturated carbocycles. The van der Waals surface area contributed by atoms with E-state index in [-0.39, 0.29) is 34.4 Å². The molecule has 2 aliphatic heterocycles. The van der Waals surface area contributed by atoms with Crippen molar-refractivity contribution in [1.29, 1.82) is 0 Å². The van der Waals surface area contributed by atoms with E-state index in [0.717, 1.165) is 17.5 Å². The summed E-state index contributed by atoms with van der Waals surface area (Å²) in [5, 5.41) is 17.0. The molecule has 1 aromatic heterocycles. The molecule has 0 bridgehead atoms. The summed E-state index contributed by atoms with van der Waals surface area (Å²) in [6, 6.07) is 6.96. The number of nitrogens with one attached hydrogen (secondary N) is 2. The average molecular weight is 401 g/mol. The fourth-order valence-corrected chi connectivity index (χ4v) is 5.61. The van der Waals surface area contributed by atoms with E-state index in [4.69, 9.17) is 5.73 Å². The van der Waals surface area contributed by atoms with E-state index in [1.165, 1.54) is 0 Å². The molecule has 2 fully saturated rings. The van der Waals surface area contributed by atoms with E-state index < -0.39 is 6.04 Å². The molecule has 9 nitrogen and oxygen atoms in total. The first kappa shape index (κ1) is 18.9. The van der Waals surface area contributed by atoms with Crippen molar-refractivity contribution < 1.29 is 9.59 Å². The van der Waals surface area contributed by atoms with Gasteiger partial charge in [-0.3, -0.25) is 9.59 Å². The van der Waals surface area contributed by atoms with Gasteiger partial charge in [-0.25, -0.2) is 0 Å². The molecule has 0 radical (unpaired) electrons. The molecule has 0 spiro atoms. The van der Waals surface area contributed by atoms with E-state index >= 15 is 0 Å². The standard InChI is InChI=1S/C18H23N7O2S/c1-18(2)14(15-21-23-24-22-15)25-16(27)13(17(25)28-18)20-12(26)9-11-6-4-3-5-10(11)7-8-19/h3-6,13-14,17H,7-9,19H2,1-2H3,(H,20,26)(H,21,22,23,24)/t13?,14?,17-/m1/s1. The fraction of sp³-hybridized carbons (Fsp3) is 0.500. The highest BCUT2D eigenvalue weighted by Crippen LogP contribution is 2.56. The lowest BCUT2D eigenvalue weighted by Crippen LogP contribution is -2.68. The molecule has 3 atom stereocenters. The molecule has 2 unspecified atom stereocenters. The Kier molecular flexibility index (Phi) is 4.84. The molecule has 4 N–H and O–H groups in total. The van der Waals surface area contributed by atoms with Crippen LogP contribution in [0.25, 0.3) is 0 Å². The van der Waals surface area contributed by atoms with Crippen LogP contribution in [0.2, 0.25) is 0 Å². The molecule has 2 aromatic rings. The number of hydrogen-bond acceptors (Lipinski definition) is 7. The number of benzene rings is 1. The van der Waals surface area contributed by atoms with Crippen LogP contribution in [0.1, 0.15) is 36.8 Å². The van der Waals surface area contributed by atoms with Gasteiger partial charge in [-0.1, -0.05) is 29.5 Å². The monoisotopic (exact) mass is 401 g/mol. The minimum atomic E-state index is -0.532. The van der Waals surface area contributed by atoms with Gasteiger partial charge in [0.25, 0.3) is 0 Å². The molecule has 2 amide bonds. The number of nitrogens with zero attached hydrogens (tertiary/aromatic N) is 4. The van der Waals surface area contributed by atoms with Crippen LogP contribution in [-0.2, 0) is 22.4 Å². The van der Waals surface area contributed by atoms with Crippen LogP contribution in [-0.4, -0.2) is 60.0 Å². The Morgan fingerprint density at radius 2 is 2.11 bits per heavy atom. The lowest BCUT2D eigenvalue weighted by Gasteiger charge is -2.44. The summed E-state index contributed by atoms with van der Waals surface area (Å²) < 4.78 is -0.280. The third-order valence-corrected chi connectivity index (χ3v) is 6.82. The second-order valence-electron chi connectivity index (χ2n) is 7.56. The Morgan fingerprint density at radius 3 is 2.79 bits per heavy atom. The average Bonchev–Trinajstić information content (AvgIpc) is 3.26. The maximum atomic E-state index is 12.8. The maximum absolute atomic E-state index is 12.8. The zero-order valence-corrected chi connectivity index (χ0v) is 16.6. The van der Waals surface area contributed by atoms with Crippen molar-refractivity contribution in [3.05, 3.63) is 41.2 Å². The minimum Gasteiger partial charge on any atom is -0.341 e. The number of tetrazole rings is 1. The second-order valence-corrected chi connectivity index (χ2v) is 9.33. The quantitative estimate of drug-likeness (QED) is 0.588. The summed E-state index contributed by atoms with van der Waals surface area (Å²) in [5.74, 6) is 0.221. The predicted molar refractivity (Wildman–Crippen MR) is 104 cm³/mol. The highest BCUT2D eigenvalue weighted by Gasteiger charge is 2.63. The smallest absolute Gasteiger partial charge is 0.249 e. The lowest BCUT2D eigenvalue weighted by atomic mass is 9.95. The topological polar surface area (TPSA) is 130 Å². The molecule has 10 heteroatoms. The molecule has 4 rings (SSSR count). The number of H-pyrrole nitrogens is 1. The van der Waals surface area contributed by atoms with Gasteiger partial charge in [-0.2, -0.15) is 5.21 Å². The van der Waals surface area contributed by atoms with Crippen molar-refractivity contribution in [3.8, 4) is 0 Å². The Labute approximate surface area is 166 Å². The SMILES string of the molecule is CC1(C)S[C@@H]2C(NC(=O)Cc3ccccc3CCN)C(=O)N2C1c1nn[nH]n1. The second kappa shape index (κ2) is 7.17. The van der Waals surface area contributed by atoms with Crippen molar-refractivity contribution in [1.82, 2.24) is 30.8 Å². The first-order valence-corrected chi connectivity index (χ1v) is 10.1. The fourth-order valence-electron chi connectivity index (χ4n) is 3.98. The zero-order valence-electron chi connectivity index (χ0n) is 15.8. The van der Waals surface area contributed by atoms with E-state index in [2.05, 4.69) is 25.9 Å². The molecule has 2 aliphatic rings. The van der Waals surface area contributed by atoms with Crippen molar-refractivity contribution >= 4 is 23.6 Å². The number of nitrogens with two attached hydrogens (primary N) is 1. The largest absolute Gasteiger partial charge is 0.341 e. The van der Waals surface area contributed by atoms with Crippen molar-refractivity contribution in [2.75, 3.05) is 6.54 Å². The van der Waals surface area contributed by atoms with Gasteiger partial charge in [0.1, 0.15) is 17.5 Å². The van der Waals surface area contributed by atoms with E-state index in [1.807, 2.05) is 38.1 Å². The summed E-state index contributed by atoms with van der Waals surface area (Å²) >= 11 is 1.65. The molecular formula is C18H23N7O2S. The lowest BCUT2D eigenvalue weighted by molar-refractivity contribution is -0.151. The molecule has 0 aliphatic carbocycles. The predicted octanol–water partition coefficient (Wildman–Crippen LogP) is 0.163. The van der Waals surface area contributed by atoms with Crippen LogP contribution in [0, 0.1) is 0 Å². The first-order chi connectivity index (χ1) is 13.4. The highest BCUT2D eigenvalue weighted by molar-refractivity contribution is 8.01. The Morgan fingerprint density at radius 1 is 1.36 bits per heavy atom. The maximum Gasteiger partial charge on any atom is 0.249 e. The highest BCUT2D eigenvalue weighted by atomic mass is 32.2. The first-order valence-electron chi connectivity index (χ1n) is 9.22. The third kappa shape index (κ3) is 3.16. The number of rotatable bonds is 6. The summed E-state index contributed by atoms with van der Waals surface area (Å²) in [6.07, 6.45) is 0.952. The number of carbonyl (C=O) groups is 2. The third-order valence-electron chi connectivity index (χ3n) is 5.25. The summed E-state index contributed by atoms with van der Waals surface area (Å²) in [7, 11) is 0. The van der Waals surface area contributed by atoms with Crippen molar-refractivity contribution in [2.45, 2.75) is 48.9 Å². The summed E-state index contributed by atoms with van der Waals surface area (Å²) in [4.78, 5) is 27.2. The van der Waals surface area contributed by atoms with Crippen LogP contribution in [0.5, 0.6) is 0 Å².